The van der Waals surface area contributed by atoms with E-state index in [0.717, 1.165) is 35.7 Å². The lowest BCUT2D eigenvalue weighted by Gasteiger charge is -2.16. The standard InChI is InChI=1S/C23H26NO2.BF4/c1-5-24(6-2)19-12-13-20-22(16-19)26-21(14-15-25-4)17(3)23(20)18-10-8-7-9-11-18;2-1(3,4)5/h7-16H,5-6H2,1-4H3;/q+1;-1/b15-14+;. The van der Waals surface area contributed by atoms with Gasteiger partial charge < -0.3 is 26.4 Å². The molecule has 3 nitrogen and oxygen atoms in total. The van der Waals surface area contributed by atoms with Gasteiger partial charge in [-0.1, -0.05) is 30.3 Å². The molecule has 0 saturated heterocycles. The fourth-order valence-corrected chi connectivity index (χ4v) is 3.37. The SMILES string of the molecule is CC[N+](CC)=c1ccc2c(-c3ccccc3)c(C)c(/C=C/OC)oc-2c1.F[B-](F)(F)F. The number of fused-ring (bicyclic) bond motifs is 1. The number of rotatable bonds is 5. The monoisotopic (exact) mass is 435 g/mol. The molecule has 0 atom stereocenters. The van der Waals surface area contributed by atoms with E-state index in [4.69, 9.17) is 9.15 Å². The number of benzene rings is 2. The van der Waals surface area contributed by atoms with Crippen molar-refractivity contribution in [1.29, 1.82) is 0 Å². The minimum Gasteiger partial charge on any atom is -0.504 e. The third kappa shape index (κ3) is 6.74. The molecule has 0 saturated carbocycles. The van der Waals surface area contributed by atoms with Crippen molar-refractivity contribution in [2.45, 2.75) is 20.8 Å². The Morgan fingerprint density at radius 3 is 2.16 bits per heavy atom. The Bertz CT molecular complexity index is 1050. The van der Waals surface area contributed by atoms with Gasteiger partial charge in [0, 0.05) is 23.3 Å². The second-order valence-electron chi connectivity index (χ2n) is 6.72. The van der Waals surface area contributed by atoms with E-state index in [1.54, 1.807) is 13.4 Å². The maximum absolute atomic E-state index is 9.75. The van der Waals surface area contributed by atoms with Gasteiger partial charge in [-0.05, 0) is 38.0 Å². The molecule has 0 amide bonds. The average molecular weight is 435 g/mol. The van der Waals surface area contributed by atoms with E-state index >= 15 is 0 Å². The summed E-state index contributed by atoms with van der Waals surface area (Å²) in [6, 6.07) is 17.0. The maximum atomic E-state index is 9.75. The number of ether oxygens (including phenoxy) is 1. The second kappa shape index (κ2) is 10.8. The smallest absolute Gasteiger partial charge is 0.504 e. The van der Waals surface area contributed by atoms with Crippen molar-refractivity contribution < 1.29 is 26.4 Å². The van der Waals surface area contributed by atoms with Crippen LogP contribution in [0.25, 0.3) is 28.5 Å². The molecular weight excluding hydrogens is 409 g/mol. The van der Waals surface area contributed by atoms with Crippen LogP contribution in [0.1, 0.15) is 25.2 Å². The molecule has 2 aliphatic rings. The fourth-order valence-electron chi connectivity index (χ4n) is 3.37. The predicted octanol–water partition coefficient (Wildman–Crippen LogP) is 6.09. The highest BCUT2D eigenvalue weighted by molar-refractivity contribution is 6.50. The van der Waals surface area contributed by atoms with Gasteiger partial charge in [-0.3, -0.25) is 0 Å². The van der Waals surface area contributed by atoms with Crippen molar-refractivity contribution in [2.24, 2.45) is 0 Å². The highest BCUT2D eigenvalue weighted by atomic mass is 19.5. The number of halogens is 4. The number of hydrogen-bond donors (Lipinski definition) is 0. The maximum Gasteiger partial charge on any atom is 0.673 e. The van der Waals surface area contributed by atoms with Crippen molar-refractivity contribution in [3.63, 3.8) is 0 Å². The highest BCUT2D eigenvalue weighted by Crippen LogP contribution is 2.38. The fraction of sp³-hybridized carbons (Fsp3) is 0.261. The van der Waals surface area contributed by atoms with Crippen molar-refractivity contribution in [2.75, 3.05) is 20.2 Å². The first-order chi connectivity index (χ1) is 14.7. The lowest BCUT2D eigenvalue weighted by atomic mass is 9.92. The van der Waals surface area contributed by atoms with Crippen molar-refractivity contribution in [1.82, 2.24) is 4.58 Å². The van der Waals surface area contributed by atoms with Gasteiger partial charge in [0.25, 0.3) is 0 Å². The van der Waals surface area contributed by atoms with Crippen LogP contribution in [0, 0.1) is 6.92 Å². The second-order valence-corrected chi connectivity index (χ2v) is 6.72. The molecule has 31 heavy (non-hydrogen) atoms. The number of nitrogens with zero attached hydrogens (tertiary/aromatic N) is 1. The van der Waals surface area contributed by atoms with Gasteiger partial charge in [0.2, 0.25) is 5.36 Å². The van der Waals surface area contributed by atoms with Crippen molar-refractivity contribution in [3.05, 3.63) is 71.5 Å². The molecule has 0 fully saturated rings. The number of hydrogen-bond acceptors (Lipinski definition) is 2. The molecule has 0 radical (unpaired) electrons. The number of methoxy groups -OCH3 is 1. The third-order valence-corrected chi connectivity index (χ3v) is 4.75. The van der Waals surface area contributed by atoms with Gasteiger partial charge in [-0.15, -0.1) is 0 Å². The molecule has 0 N–H and O–H groups in total. The Balaban J connectivity index is 0.000000614. The Kier molecular flexibility index (Phi) is 8.48. The molecule has 166 valence electrons. The minimum absolute atomic E-state index is 0.815. The molecule has 0 spiro atoms. The molecule has 3 rings (SSSR count). The van der Waals surface area contributed by atoms with Crippen LogP contribution in [0.3, 0.4) is 0 Å². The first kappa shape index (κ1) is 24.2. The molecule has 0 aromatic heterocycles. The molecule has 1 aromatic rings. The summed E-state index contributed by atoms with van der Waals surface area (Å²) in [5.74, 6) is 1.70. The Morgan fingerprint density at radius 2 is 1.61 bits per heavy atom. The quantitative estimate of drug-likeness (QED) is 0.210. The Labute approximate surface area is 179 Å². The van der Waals surface area contributed by atoms with Gasteiger partial charge in [-0.2, -0.15) is 0 Å². The van der Waals surface area contributed by atoms with Crippen LogP contribution < -0.4 is 9.93 Å². The average Bonchev–Trinajstić information content (AvgIpc) is 2.72. The molecule has 1 heterocycles. The summed E-state index contributed by atoms with van der Waals surface area (Å²) in [6.45, 7) is 8.37. The van der Waals surface area contributed by atoms with E-state index in [1.807, 2.05) is 12.1 Å². The summed E-state index contributed by atoms with van der Waals surface area (Å²) in [7, 11) is -4.36. The van der Waals surface area contributed by atoms with Crippen LogP contribution in [-0.4, -0.2) is 27.5 Å². The van der Waals surface area contributed by atoms with E-state index in [2.05, 4.69) is 67.8 Å². The normalized spacial score (nSPS) is 11.4. The van der Waals surface area contributed by atoms with E-state index in [9.17, 15) is 17.3 Å². The van der Waals surface area contributed by atoms with Crippen molar-refractivity contribution in [3.8, 4) is 22.5 Å². The van der Waals surface area contributed by atoms with Crippen LogP contribution in [0.5, 0.6) is 0 Å². The van der Waals surface area contributed by atoms with Crippen LogP contribution >= 0.6 is 0 Å². The summed E-state index contributed by atoms with van der Waals surface area (Å²) in [6.07, 6.45) is 3.53. The molecule has 1 aromatic carbocycles. The first-order valence-corrected chi connectivity index (χ1v) is 9.97. The molecule has 1 aliphatic carbocycles. The van der Waals surface area contributed by atoms with Crippen molar-refractivity contribution >= 4 is 13.3 Å². The van der Waals surface area contributed by atoms with Crippen LogP contribution in [0.15, 0.2) is 59.2 Å². The third-order valence-electron chi connectivity index (χ3n) is 4.75. The topological polar surface area (TPSA) is 25.4 Å². The molecule has 8 heteroatoms. The lowest BCUT2D eigenvalue weighted by molar-refractivity contribution is 0.340. The summed E-state index contributed by atoms with van der Waals surface area (Å²) < 4.78 is 52.7. The van der Waals surface area contributed by atoms with Crippen LogP contribution in [0.2, 0.25) is 0 Å². The van der Waals surface area contributed by atoms with E-state index in [0.29, 0.717) is 0 Å². The Hall–Kier alpha value is -3.03. The van der Waals surface area contributed by atoms with Gasteiger partial charge in [0.05, 0.1) is 19.4 Å². The summed E-state index contributed by atoms with van der Waals surface area (Å²) in [5.41, 5.74) is 4.62. The molecule has 0 unspecified atom stereocenters. The molecule has 0 bridgehead atoms. The molecule has 1 aliphatic heterocycles. The van der Waals surface area contributed by atoms with Gasteiger partial charge >= 0.3 is 7.25 Å². The van der Waals surface area contributed by atoms with E-state index in [1.165, 1.54) is 16.5 Å². The molecular formula is C23H26BF4NO2. The lowest BCUT2D eigenvalue weighted by Crippen LogP contribution is -2.29. The highest BCUT2D eigenvalue weighted by Gasteiger charge is 2.21. The van der Waals surface area contributed by atoms with E-state index < -0.39 is 7.25 Å². The van der Waals surface area contributed by atoms with Gasteiger partial charge in [0.15, 0.2) is 0 Å². The summed E-state index contributed by atoms with van der Waals surface area (Å²) in [4.78, 5) is 0. The summed E-state index contributed by atoms with van der Waals surface area (Å²) in [5, 5.41) is 1.18. The summed E-state index contributed by atoms with van der Waals surface area (Å²) >= 11 is 0. The first-order valence-electron chi connectivity index (χ1n) is 9.97. The van der Waals surface area contributed by atoms with Gasteiger partial charge in [-0.25, -0.2) is 4.58 Å². The van der Waals surface area contributed by atoms with Gasteiger partial charge in [0.1, 0.15) is 24.6 Å². The minimum atomic E-state index is -6.00. The zero-order valence-electron chi connectivity index (χ0n) is 18.0. The van der Waals surface area contributed by atoms with Crippen LogP contribution in [-0.2, 0) is 4.74 Å². The van der Waals surface area contributed by atoms with Crippen LogP contribution in [0.4, 0.5) is 17.3 Å². The zero-order chi connectivity index (χ0) is 23.0. The largest absolute Gasteiger partial charge is 0.673 e. The Morgan fingerprint density at radius 1 is 1.00 bits per heavy atom. The predicted molar refractivity (Wildman–Crippen MR) is 118 cm³/mol. The van der Waals surface area contributed by atoms with E-state index in [-0.39, 0.29) is 0 Å². The zero-order valence-corrected chi connectivity index (χ0v) is 18.0.